The molecule has 25 heavy (non-hydrogen) atoms. The van der Waals surface area contributed by atoms with Gasteiger partial charge in [-0.1, -0.05) is 41.9 Å². The van der Waals surface area contributed by atoms with Crippen LogP contribution in [0.5, 0.6) is 0 Å². The molecule has 0 saturated carbocycles. The van der Waals surface area contributed by atoms with Crippen LogP contribution in [0.4, 0.5) is 5.69 Å². The van der Waals surface area contributed by atoms with Crippen LogP contribution in [0, 0.1) is 0 Å². The topological polar surface area (TPSA) is 66.6 Å². The summed E-state index contributed by atoms with van der Waals surface area (Å²) in [4.78, 5) is 27.4. The second-order valence-electron chi connectivity index (χ2n) is 5.90. The Morgan fingerprint density at radius 2 is 1.80 bits per heavy atom. The number of halogens is 1. The lowest BCUT2D eigenvalue weighted by Gasteiger charge is -2.25. The van der Waals surface area contributed by atoms with E-state index in [-0.39, 0.29) is 25.4 Å². The normalized spacial score (nSPS) is 10.7. The zero-order chi connectivity index (χ0) is 18.2. The first-order chi connectivity index (χ1) is 12.0. The first-order valence-corrected chi connectivity index (χ1v) is 8.40. The van der Waals surface area contributed by atoms with Gasteiger partial charge in [0.2, 0.25) is 11.8 Å². The molecular weight excluding hydrogens is 338 g/mol. The van der Waals surface area contributed by atoms with Crippen LogP contribution >= 0.6 is 11.6 Å². The fourth-order valence-electron chi connectivity index (χ4n) is 2.55. The van der Waals surface area contributed by atoms with E-state index >= 15 is 0 Å². The van der Waals surface area contributed by atoms with Crippen molar-refractivity contribution in [1.29, 1.82) is 0 Å². The molecule has 0 bridgehead atoms. The minimum absolute atomic E-state index is 0.0861. The highest BCUT2D eigenvalue weighted by molar-refractivity contribution is 6.30. The summed E-state index contributed by atoms with van der Waals surface area (Å²) in [5.74, 6) is -0.516. The number of hydrogen-bond acceptors (Lipinski definition) is 3. The fourth-order valence-corrected chi connectivity index (χ4v) is 2.76. The number of amides is 2. The molecule has 2 amide bonds. The van der Waals surface area contributed by atoms with Crippen LogP contribution in [0.25, 0.3) is 0 Å². The summed E-state index contributed by atoms with van der Waals surface area (Å²) in [6, 6.07) is 16.8. The molecule has 6 heteroatoms. The van der Waals surface area contributed by atoms with E-state index in [0.717, 1.165) is 11.3 Å². The summed E-state index contributed by atoms with van der Waals surface area (Å²) in [6.45, 7) is 1.09. The molecule has 2 rings (SSSR count). The van der Waals surface area contributed by atoms with E-state index in [1.807, 2.05) is 66.5 Å². The van der Waals surface area contributed by atoms with E-state index in [1.54, 1.807) is 4.90 Å². The van der Waals surface area contributed by atoms with E-state index in [1.165, 1.54) is 0 Å². The number of benzene rings is 2. The van der Waals surface area contributed by atoms with Gasteiger partial charge in [-0.25, -0.2) is 0 Å². The maximum Gasteiger partial charge on any atom is 0.241 e. The van der Waals surface area contributed by atoms with E-state index in [0.29, 0.717) is 11.6 Å². The molecule has 0 radical (unpaired) electrons. The quantitative estimate of drug-likeness (QED) is 0.788. The Labute approximate surface area is 153 Å². The van der Waals surface area contributed by atoms with Crippen molar-refractivity contribution in [3.63, 3.8) is 0 Å². The number of likely N-dealkylation sites (N-methyl/N-ethyl adjacent to an activating group) is 1. The number of rotatable bonds is 8. The van der Waals surface area contributed by atoms with Crippen molar-refractivity contribution in [2.75, 3.05) is 25.0 Å². The summed E-state index contributed by atoms with van der Waals surface area (Å²) in [7, 11) is 1.87. The molecule has 0 spiro atoms. The summed E-state index contributed by atoms with van der Waals surface area (Å²) >= 11 is 6.00. The Balaban J connectivity index is 2.04. The summed E-state index contributed by atoms with van der Waals surface area (Å²) in [5, 5.41) is 0.671. The van der Waals surface area contributed by atoms with Gasteiger partial charge in [0.25, 0.3) is 0 Å². The van der Waals surface area contributed by atoms with Gasteiger partial charge in [-0.2, -0.15) is 0 Å². The van der Waals surface area contributed by atoms with Crippen LogP contribution in [0.1, 0.15) is 12.0 Å². The van der Waals surface area contributed by atoms with Crippen molar-refractivity contribution in [3.8, 4) is 0 Å². The summed E-state index contributed by atoms with van der Waals surface area (Å²) in [5.41, 5.74) is 7.02. The molecule has 0 heterocycles. The van der Waals surface area contributed by atoms with Gasteiger partial charge in [0.15, 0.2) is 0 Å². The van der Waals surface area contributed by atoms with Gasteiger partial charge in [-0.15, -0.1) is 0 Å². The zero-order valence-corrected chi connectivity index (χ0v) is 14.9. The van der Waals surface area contributed by atoms with Crippen molar-refractivity contribution in [2.24, 2.45) is 5.73 Å². The third-order valence-electron chi connectivity index (χ3n) is 3.70. The zero-order valence-electron chi connectivity index (χ0n) is 14.2. The van der Waals surface area contributed by atoms with Crippen molar-refractivity contribution < 1.29 is 9.59 Å². The van der Waals surface area contributed by atoms with Crippen LogP contribution in [0.15, 0.2) is 54.6 Å². The molecule has 0 aromatic heterocycles. The van der Waals surface area contributed by atoms with Gasteiger partial charge in [-0.3, -0.25) is 14.5 Å². The third kappa shape index (κ3) is 6.21. The Kier molecular flexibility index (Phi) is 6.98. The molecule has 0 unspecified atom stereocenters. The van der Waals surface area contributed by atoms with Crippen molar-refractivity contribution in [3.05, 3.63) is 65.2 Å². The van der Waals surface area contributed by atoms with Crippen LogP contribution in [0.2, 0.25) is 5.02 Å². The van der Waals surface area contributed by atoms with E-state index in [4.69, 9.17) is 17.3 Å². The second-order valence-corrected chi connectivity index (χ2v) is 6.34. The Morgan fingerprint density at radius 1 is 1.08 bits per heavy atom. The monoisotopic (exact) mass is 359 g/mol. The van der Waals surface area contributed by atoms with Gasteiger partial charge >= 0.3 is 0 Å². The van der Waals surface area contributed by atoms with Gasteiger partial charge in [0.05, 0.1) is 6.54 Å². The second kappa shape index (κ2) is 9.20. The highest BCUT2D eigenvalue weighted by Gasteiger charge is 2.18. The van der Waals surface area contributed by atoms with Crippen molar-refractivity contribution in [2.45, 2.75) is 13.0 Å². The molecule has 0 aliphatic rings. The third-order valence-corrected chi connectivity index (χ3v) is 3.93. The lowest BCUT2D eigenvalue weighted by molar-refractivity contribution is -0.119. The Morgan fingerprint density at radius 3 is 2.44 bits per heavy atom. The number of hydrogen-bond donors (Lipinski definition) is 1. The Bertz CT molecular complexity index is 722. The predicted molar refractivity (Wildman–Crippen MR) is 100 cm³/mol. The number of para-hydroxylation sites is 1. The number of carbonyl (C=O) groups is 2. The smallest absolute Gasteiger partial charge is 0.241 e. The minimum atomic E-state index is -0.430. The molecule has 0 fully saturated rings. The number of carbonyl (C=O) groups excluding carboxylic acids is 2. The SMILES string of the molecule is CN(CC(=O)N(CCC(N)=O)c1ccccc1)Cc1cccc(Cl)c1. The highest BCUT2D eigenvalue weighted by atomic mass is 35.5. The maximum atomic E-state index is 12.7. The van der Waals surface area contributed by atoms with Gasteiger partial charge in [-0.05, 0) is 36.9 Å². The highest BCUT2D eigenvalue weighted by Crippen LogP contribution is 2.15. The molecule has 0 saturated heterocycles. The van der Waals surface area contributed by atoms with Gasteiger partial charge in [0, 0.05) is 30.2 Å². The molecular formula is C19H22ClN3O2. The first-order valence-electron chi connectivity index (χ1n) is 8.02. The van der Waals surface area contributed by atoms with E-state index in [2.05, 4.69) is 0 Å². The van der Waals surface area contributed by atoms with Crippen LogP contribution < -0.4 is 10.6 Å². The van der Waals surface area contributed by atoms with Crippen LogP contribution in [-0.2, 0) is 16.1 Å². The Hall–Kier alpha value is -2.37. The fraction of sp³-hybridized carbons (Fsp3) is 0.263. The molecule has 2 aromatic rings. The lowest BCUT2D eigenvalue weighted by Crippen LogP contribution is -2.40. The number of primary amides is 1. The lowest BCUT2D eigenvalue weighted by atomic mass is 10.2. The van der Waals surface area contributed by atoms with Crippen molar-refractivity contribution in [1.82, 2.24) is 4.90 Å². The number of nitrogens with zero attached hydrogens (tertiary/aromatic N) is 2. The maximum absolute atomic E-state index is 12.7. The standard InChI is InChI=1S/C19H22ClN3O2/c1-22(13-15-6-5-7-16(20)12-15)14-19(25)23(11-10-18(21)24)17-8-3-2-4-9-17/h2-9,12H,10-11,13-14H2,1H3,(H2,21,24). The van der Waals surface area contributed by atoms with Crippen molar-refractivity contribution >= 4 is 29.1 Å². The molecule has 0 aliphatic heterocycles. The predicted octanol–water partition coefficient (Wildman–Crippen LogP) is 2.68. The van der Waals surface area contributed by atoms with Crippen LogP contribution in [-0.4, -0.2) is 36.9 Å². The molecule has 0 aliphatic carbocycles. The molecule has 132 valence electrons. The van der Waals surface area contributed by atoms with Crippen LogP contribution in [0.3, 0.4) is 0 Å². The molecule has 2 aromatic carbocycles. The number of nitrogens with two attached hydrogens (primary N) is 1. The van der Waals surface area contributed by atoms with Gasteiger partial charge in [0.1, 0.15) is 0 Å². The molecule has 0 atom stereocenters. The average Bonchev–Trinajstić information content (AvgIpc) is 2.55. The van der Waals surface area contributed by atoms with E-state index < -0.39 is 5.91 Å². The summed E-state index contributed by atoms with van der Waals surface area (Å²) in [6.07, 6.45) is 0.124. The average molecular weight is 360 g/mol. The molecule has 5 nitrogen and oxygen atoms in total. The first kappa shape index (κ1) is 19.0. The van der Waals surface area contributed by atoms with Gasteiger partial charge < -0.3 is 10.6 Å². The minimum Gasteiger partial charge on any atom is -0.370 e. The number of anilines is 1. The summed E-state index contributed by atoms with van der Waals surface area (Å²) < 4.78 is 0. The molecule has 2 N–H and O–H groups in total. The largest absolute Gasteiger partial charge is 0.370 e. The van der Waals surface area contributed by atoms with E-state index in [9.17, 15) is 9.59 Å².